The third-order valence-corrected chi connectivity index (χ3v) is 9.28. The normalized spacial score (nSPS) is 12.0. The van der Waals surface area contributed by atoms with Gasteiger partial charge in [-0.3, -0.25) is 14.8 Å². The summed E-state index contributed by atoms with van der Waals surface area (Å²) in [7, 11) is 0. The molecule has 0 atom stereocenters. The van der Waals surface area contributed by atoms with Gasteiger partial charge >= 0.3 is 5.97 Å². The predicted molar refractivity (Wildman–Crippen MR) is 216 cm³/mol. The van der Waals surface area contributed by atoms with Gasteiger partial charge in [0.25, 0.3) is 0 Å². The first-order valence-electron chi connectivity index (χ1n) is 20.4. The summed E-state index contributed by atoms with van der Waals surface area (Å²) < 4.78 is 0. The highest BCUT2D eigenvalue weighted by Gasteiger charge is 2.05. The molecule has 0 aliphatic carbocycles. The zero-order valence-corrected chi connectivity index (χ0v) is 31.7. The Kier molecular flexibility index (Phi) is 27.2. The van der Waals surface area contributed by atoms with Crippen LogP contribution >= 0.6 is 0 Å². The highest BCUT2D eigenvalue weighted by Crippen LogP contribution is 2.20. The number of carboxylic acids is 1. The molecule has 0 saturated heterocycles. The quantitative estimate of drug-likeness (QED) is 0.0616. The first-order valence-corrected chi connectivity index (χ1v) is 20.4. The van der Waals surface area contributed by atoms with Gasteiger partial charge in [0.1, 0.15) is 0 Å². The first-order chi connectivity index (χ1) is 24.7. The Bertz CT molecular complexity index is 1230. The van der Waals surface area contributed by atoms with Gasteiger partial charge in [-0.05, 0) is 132 Å². The molecule has 4 heteroatoms. The van der Waals surface area contributed by atoms with Gasteiger partial charge in [0.15, 0.2) is 0 Å². The maximum Gasteiger partial charge on any atom is 0.303 e. The lowest BCUT2D eigenvalue weighted by atomic mass is 10.0. The van der Waals surface area contributed by atoms with Gasteiger partial charge in [-0.2, -0.15) is 0 Å². The second kappa shape index (κ2) is 31.7. The number of rotatable bonds is 32. The number of hydrogen-bond donors (Lipinski definition) is 1. The summed E-state index contributed by atoms with van der Waals surface area (Å²) in [5, 5.41) is 8.67. The molecule has 0 aromatic carbocycles. The Labute approximate surface area is 306 Å². The van der Waals surface area contributed by atoms with E-state index in [0.717, 1.165) is 69.2 Å². The van der Waals surface area contributed by atoms with Gasteiger partial charge in [0, 0.05) is 18.8 Å². The number of unbranched alkanes of at least 4 members (excludes halogenated alkanes) is 17. The molecule has 0 aliphatic heterocycles. The van der Waals surface area contributed by atoms with Crippen molar-refractivity contribution in [3.63, 3.8) is 0 Å². The minimum atomic E-state index is -0.678. The topological polar surface area (TPSA) is 63.1 Å². The van der Waals surface area contributed by atoms with E-state index in [0.29, 0.717) is 6.42 Å². The summed E-state index contributed by atoms with van der Waals surface area (Å²) in [5.74, 6) is -0.678. The van der Waals surface area contributed by atoms with Crippen molar-refractivity contribution in [2.24, 2.45) is 0 Å². The molecule has 0 fully saturated rings. The Morgan fingerprint density at radius 1 is 0.520 bits per heavy atom. The summed E-state index contributed by atoms with van der Waals surface area (Å²) in [6.45, 7) is 2.28. The number of aliphatic carboxylic acids is 1. The lowest BCUT2D eigenvalue weighted by Crippen LogP contribution is -1.94. The standard InChI is InChI=1S/C46H70N2O2/c1-2-3-4-5-6-7-8-9-10-12-15-18-21-24-27-30-33-42-36-38-47-44(40-42)45-41-43(37-39-48-45)34-31-28-25-22-19-16-13-11-14-17-20-23-26-29-32-35-46(49)50/h9-11,14-16,18-19,36-41H,2-8,12-13,17,20-35H2,1H3,(H,49,50). The number of allylic oxidation sites excluding steroid dienone is 8. The number of hydrogen-bond acceptors (Lipinski definition) is 3. The molecule has 2 aromatic heterocycles. The van der Waals surface area contributed by atoms with Crippen molar-refractivity contribution in [1.29, 1.82) is 0 Å². The van der Waals surface area contributed by atoms with Crippen molar-refractivity contribution in [2.45, 2.75) is 174 Å². The minimum Gasteiger partial charge on any atom is -0.481 e. The molecular weight excluding hydrogens is 613 g/mol. The molecule has 0 radical (unpaired) electrons. The molecule has 1 N–H and O–H groups in total. The van der Waals surface area contributed by atoms with E-state index in [9.17, 15) is 4.79 Å². The molecular formula is C46H70N2O2. The van der Waals surface area contributed by atoms with Crippen LogP contribution < -0.4 is 0 Å². The molecule has 0 spiro atoms. The molecule has 2 aromatic rings. The van der Waals surface area contributed by atoms with Gasteiger partial charge in [-0.1, -0.05) is 120 Å². The van der Waals surface area contributed by atoms with Gasteiger partial charge in [-0.15, -0.1) is 0 Å². The van der Waals surface area contributed by atoms with Crippen molar-refractivity contribution < 1.29 is 9.90 Å². The first kappa shape index (κ1) is 42.9. The summed E-state index contributed by atoms with van der Waals surface area (Å²) in [6.07, 6.45) is 52.8. The van der Waals surface area contributed by atoms with Crippen LogP contribution in [0.3, 0.4) is 0 Å². The van der Waals surface area contributed by atoms with Crippen LogP contribution in [0.1, 0.15) is 172 Å². The number of aromatic nitrogens is 2. The van der Waals surface area contributed by atoms with Crippen LogP contribution in [0.2, 0.25) is 0 Å². The van der Waals surface area contributed by atoms with Crippen molar-refractivity contribution in [3.8, 4) is 11.4 Å². The fourth-order valence-corrected chi connectivity index (χ4v) is 6.20. The summed E-state index contributed by atoms with van der Waals surface area (Å²) >= 11 is 0. The molecule has 0 aliphatic rings. The van der Waals surface area contributed by atoms with E-state index in [4.69, 9.17) is 5.11 Å². The van der Waals surface area contributed by atoms with E-state index in [1.807, 2.05) is 12.4 Å². The smallest absolute Gasteiger partial charge is 0.303 e. The molecule has 2 heterocycles. The minimum absolute atomic E-state index is 0.308. The molecule has 0 bridgehead atoms. The van der Waals surface area contributed by atoms with E-state index in [2.05, 4.69) is 89.8 Å². The average Bonchev–Trinajstić information content (AvgIpc) is 3.13. The Hall–Kier alpha value is -3.27. The Morgan fingerprint density at radius 3 is 1.32 bits per heavy atom. The lowest BCUT2D eigenvalue weighted by Gasteiger charge is -2.07. The summed E-state index contributed by atoms with van der Waals surface area (Å²) in [6, 6.07) is 8.78. The highest BCUT2D eigenvalue weighted by atomic mass is 16.4. The van der Waals surface area contributed by atoms with Crippen LogP contribution in [-0.4, -0.2) is 21.0 Å². The third-order valence-electron chi connectivity index (χ3n) is 9.28. The monoisotopic (exact) mass is 683 g/mol. The fraction of sp³-hybridized carbons (Fsp3) is 0.587. The number of aryl methyl sites for hydroxylation is 2. The third kappa shape index (κ3) is 24.8. The lowest BCUT2D eigenvalue weighted by molar-refractivity contribution is -0.137. The van der Waals surface area contributed by atoms with Gasteiger partial charge in [-0.25, -0.2) is 0 Å². The van der Waals surface area contributed by atoms with E-state index in [-0.39, 0.29) is 0 Å². The van der Waals surface area contributed by atoms with Gasteiger partial charge in [0.2, 0.25) is 0 Å². The highest BCUT2D eigenvalue weighted by molar-refractivity contribution is 5.66. The molecule has 50 heavy (non-hydrogen) atoms. The number of carbonyl (C=O) groups is 1. The molecule has 4 nitrogen and oxygen atoms in total. The SMILES string of the molecule is CCCCCCCCC=CCC=CCCCCCc1ccnc(-c2cc(CCCCCC=CCC=CCCCCCCCC(=O)O)ccn2)c1. The van der Waals surface area contributed by atoms with Crippen LogP contribution in [0.25, 0.3) is 11.4 Å². The van der Waals surface area contributed by atoms with E-state index >= 15 is 0 Å². The maximum atomic E-state index is 10.5. The van der Waals surface area contributed by atoms with Crippen molar-refractivity contribution >= 4 is 5.97 Å². The van der Waals surface area contributed by atoms with Crippen LogP contribution in [0, 0.1) is 0 Å². The molecule has 0 unspecified atom stereocenters. The molecule has 0 amide bonds. The van der Waals surface area contributed by atoms with Gasteiger partial charge in [0.05, 0.1) is 11.4 Å². The summed E-state index contributed by atoms with van der Waals surface area (Å²) in [5.41, 5.74) is 4.69. The van der Waals surface area contributed by atoms with Crippen molar-refractivity contribution in [2.75, 3.05) is 0 Å². The molecule has 0 saturated carbocycles. The van der Waals surface area contributed by atoms with Crippen LogP contribution in [-0.2, 0) is 17.6 Å². The van der Waals surface area contributed by atoms with E-state index < -0.39 is 5.97 Å². The van der Waals surface area contributed by atoms with Crippen LogP contribution in [0.15, 0.2) is 85.3 Å². The van der Waals surface area contributed by atoms with Gasteiger partial charge < -0.3 is 5.11 Å². The van der Waals surface area contributed by atoms with Crippen LogP contribution in [0.4, 0.5) is 0 Å². The van der Waals surface area contributed by atoms with E-state index in [1.165, 1.54) is 114 Å². The van der Waals surface area contributed by atoms with E-state index in [1.54, 1.807) is 0 Å². The second-order valence-electron chi connectivity index (χ2n) is 13.9. The summed E-state index contributed by atoms with van der Waals surface area (Å²) in [4.78, 5) is 19.8. The number of nitrogens with zero attached hydrogens (tertiary/aromatic N) is 2. The molecule has 276 valence electrons. The Morgan fingerprint density at radius 2 is 0.900 bits per heavy atom. The fourth-order valence-electron chi connectivity index (χ4n) is 6.20. The number of pyridine rings is 2. The van der Waals surface area contributed by atoms with Crippen molar-refractivity contribution in [3.05, 3.63) is 96.4 Å². The average molecular weight is 683 g/mol. The second-order valence-corrected chi connectivity index (χ2v) is 13.9. The van der Waals surface area contributed by atoms with Crippen molar-refractivity contribution in [1.82, 2.24) is 9.97 Å². The predicted octanol–water partition coefficient (Wildman–Crippen LogP) is 13.9. The molecule has 2 rings (SSSR count). The maximum absolute atomic E-state index is 10.5. The zero-order valence-electron chi connectivity index (χ0n) is 31.7. The zero-order chi connectivity index (χ0) is 35.6. The van der Waals surface area contributed by atoms with Crippen LogP contribution in [0.5, 0.6) is 0 Å². The Balaban J connectivity index is 1.51. The largest absolute Gasteiger partial charge is 0.481 e. The number of carboxylic acid groups (broad SMARTS) is 1.